The highest BCUT2D eigenvalue weighted by atomic mass is 79.9. The lowest BCUT2D eigenvalue weighted by atomic mass is 9.97. The van der Waals surface area contributed by atoms with Crippen LogP contribution in [0, 0.1) is 6.92 Å². The number of hydrazine groups is 1. The van der Waals surface area contributed by atoms with Crippen molar-refractivity contribution in [3.63, 3.8) is 0 Å². The van der Waals surface area contributed by atoms with E-state index < -0.39 is 0 Å². The zero-order valence-corrected chi connectivity index (χ0v) is 12.7. The standard InChI is InChI=1S/C14H17BrN2S/c1-10-8-12(15)3-4-13(10)14(17-16)5-2-11-6-7-18-9-11/h3-4,6-9,14,17H,2,5,16H2,1H3. The lowest BCUT2D eigenvalue weighted by molar-refractivity contribution is 0.514. The van der Waals surface area contributed by atoms with Crippen molar-refractivity contribution in [1.82, 2.24) is 5.43 Å². The van der Waals surface area contributed by atoms with Gasteiger partial charge in [-0.1, -0.05) is 22.0 Å². The summed E-state index contributed by atoms with van der Waals surface area (Å²) in [5.74, 6) is 5.69. The molecule has 0 spiro atoms. The fourth-order valence-electron chi connectivity index (χ4n) is 2.10. The van der Waals surface area contributed by atoms with Gasteiger partial charge in [0.15, 0.2) is 0 Å². The van der Waals surface area contributed by atoms with Crippen LogP contribution < -0.4 is 11.3 Å². The largest absolute Gasteiger partial charge is 0.271 e. The van der Waals surface area contributed by atoms with Crippen LogP contribution in [0.2, 0.25) is 0 Å². The zero-order valence-electron chi connectivity index (χ0n) is 10.3. The van der Waals surface area contributed by atoms with Gasteiger partial charge in [0.2, 0.25) is 0 Å². The number of rotatable bonds is 5. The third kappa shape index (κ3) is 3.42. The highest BCUT2D eigenvalue weighted by molar-refractivity contribution is 9.10. The van der Waals surface area contributed by atoms with Crippen LogP contribution in [0.1, 0.15) is 29.2 Å². The van der Waals surface area contributed by atoms with E-state index in [1.54, 1.807) is 11.3 Å². The molecule has 0 aliphatic carbocycles. The minimum absolute atomic E-state index is 0.206. The predicted molar refractivity (Wildman–Crippen MR) is 81.6 cm³/mol. The molecule has 3 N–H and O–H groups in total. The molecule has 2 aromatic rings. The van der Waals surface area contributed by atoms with Crippen molar-refractivity contribution in [2.45, 2.75) is 25.8 Å². The summed E-state index contributed by atoms with van der Waals surface area (Å²) in [5.41, 5.74) is 6.85. The molecule has 96 valence electrons. The summed E-state index contributed by atoms with van der Waals surface area (Å²) in [6.45, 7) is 2.12. The normalized spacial score (nSPS) is 12.6. The van der Waals surface area contributed by atoms with Crippen LogP contribution in [0.15, 0.2) is 39.5 Å². The third-order valence-corrected chi connectivity index (χ3v) is 4.34. The average Bonchev–Trinajstić information content (AvgIpc) is 2.85. The summed E-state index contributed by atoms with van der Waals surface area (Å²) in [7, 11) is 0. The van der Waals surface area contributed by atoms with E-state index in [4.69, 9.17) is 5.84 Å². The summed E-state index contributed by atoms with van der Waals surface area (Å²) in [5, 5.41) is 4.31. The van der Waals surface area contributed by atoms with Gasteiger partial charge in [-0.25, -0.2) is 0 Å². The Morgan fingerprint density at radius 2 is 2.22 bits per heavy atom. The fourth-order valence-corrected chi connectivity index (χ4v) is 3.28. The first kappa shape index (κ1) is 13.7. The molecular formula is C14H17BrN2S. The SMILES string of the molecule is Cc1cc(Br)ccc1C(CCc1ccsc1)NN. The predicted octanol–water partition coefficient (Wildman–Crippen LogP) is 3.96. The summed E-state index contributed by atoms with van der Waals surface area (Å²) < 4.78 is 1.11. The molecule has 0 aliphatic heterocycles. The molecule has 0 aliphatic rings. The van der Waals surface area contributed by atoms with Crippen LogP contribution in [-0.4, -0.2) is 0 Å². The molecule has 0 saturated heterocycles. The molecule has 0 fully saturated rings. The second-order valence-electron chi connectivity index (χ2n) is 4.39. The van der Waals surface area contributed by atoms with Gasteiger partial charge in [-0.15, -0.1) is 0 Å². The molecule has 18 heavy (non-hydrogen) atoms. The van der Waals surface area contributed by atoms with E-state index in [1.165, 1.54) is 16.7 Å². The van der Waals surface area contributed by atoms with Crippen LogP contribution >= 0.6 is 27.3 Å². The van der Waals surface area contributed by atoms with E-state index in [9.17, 15) is 0 Å². The number of halogens is 1. The Labute approximate surface area is 120 Å². The molecule has 4 heteroatoms. The van der Waals surface area contributed by atoms with Gasteiger partial charge in [0.25, 0.3) is 0 Å². The Hall–Kier alpha value is -0.680. The molecule has 0 amide bonds. The monoisotopic (exact) mass is 324 g/mol. The second-order valence-corrected chi connectivity index (χ2v) is 6.09. The molecule has 1 heterocycles. The number of hydrogen-bond donors (Lipinski definition) is 2. The minimum atomic E-state index is 0.206. The van der Waals surface area contributed by atoms with Gasteiger partial charge < -0.3 is 0 Å². The van der Waals surface area contributed by atoms with Crippen LogP contribution in [0.25, 0.3) is 0 Å². The Morgan fingerprint density at radius 3 is 2.83 bits per heavy atom. The zero-order chi connectivity index (χ0) is 13.0. The average molecular weight is 325 g/mol. The van der Waals surface area contributed by atoms with Crippen molar-refractivity contribution >= 4 is 27.3 Å². The van der Waals surface area contributed by atoms with Gasteiger partial charge in [-0.2, -0.15) is 11.3 Å². The maximum atomic E-state index is 5.69. The molecule has 1 aromatic heterocycles. The van der Waals surface area contributed by atoms with Gasteiger partial charge in [0.05, 0.1) is 0 Å². The first-order valence-electron chi connectivity index (χ1n) is 5.94. The van der Waals surface area contributed by atoms with Crippen molar-refractivity contribution in [3.8, 4) is 0 Å². The number of benzene rings is 1. The Morgan fingerprint density at radius 1 is 1.39 bits per heavy atom. The molecule has 0 saturated carbocycles. The highest BCUT2D eigenvalue weighted by Crippen LogP contribution is 2.25. The van der Waals surface area contributed by atoms with Gasteiger partial charge in [-0.3, -0.25) is 11.3 Å². The summed E-state index contributed by atoms with van der Waals surface area (Å²) >= 11 is 5.23. The van der Waals surface area contributed by atoms with E-state index in [0.29, 0.717) is 0 Å². The highest BCUT2D eigenvalue weighted by Gasteiger charge is 2.12. The summed E-state index contributed by atoms with van der Waals surface area (Å²) in [4.78, 5) is 0. The fraction of sp³-hybridized carbons (Fsp3) is 0.286. The lowest BCUT2D eigenvalue weighted by Crippen LogP contribution is -2.28. The molecule has 0 bridgehead atoms. The van der Waals surface area contributed by atoms with Gasteiger partial charge in [-0.05, 0) is 65.4 Å². The van der Waals surface area contributed by atoms with Crippen LogP contribution in [0.3, 0.4) is 0 Å². The number of nitrogens with one attached hydrogen (secondary N) is 1. The van der Waals surface area contributed by atoms with Crippen molar-refractivity contribution < 1.29 is 0 Å². The summed E-state index contributed by atoms with van der Waals surface area (Å²) in [6, 6.07) is 8.71. The van der Waals surface area contributed by atoms with Crippen LogP contribution in [0.5, 0.6) is 0 Å². The molecule has 1 unspecified atom stereocenters. The van der Waals surface area contributed by atoms with E-state index in [1.807, 2.05) is 0 Å². The molecular weight excluding hydrogens is 308 g/mol. The second kappa shape index (κ2) is 6.48. The van der Waals surface area contributed by atoms with Crippen molar-refractivity contribution in [2.24, 2.45) is 5.84 Å². The quantitative estimate of drug-likeness (QED) is 0.645. The first-order valence-corrected chi connectivity index (χ1v) is 7.67. The maximum absolute atomic E-state index is 5.69. The van der Waals surface area contributed by atoms with E-state index in [2.05, 4.69) is 63.3 Å². The molecule has 0 radical (unpaired) electrons. The maximum Gasteiger partial charge on any atom is 0.0465 e. The lowest BCUT2D eigenvalue weighted by Gasteiger charge is -2.18. The first-order chi connectivity index (χ1) is 8.70. The van der Waals surface area contributed by atoms with Gasteiger partial charge >= 0.3 is 0 Å². The third-order valence-electron chi connectivity index (χ3n) is 3.11. The Bertz CT molecular complexity index is 497. The number of thiophene rings is 1. The smallest absolute Gasteiger partial charge is 0.0465 e. The molecule has 1 atom stereocenters. The minimum Gasteiger partial charge on any atom is -0.271 e. The van der Waals surface area contributed by atoms with E-state index >= 15 is 0 Å². The van der Waals surface area contributed by atoms with Crippen molar-refractivity contribution in [1.29, 1.82) is 0 Å². The number of hydrogen-bond acceptors (Lipinski definition) is 3. The van der Waals surface area contributed by atoms with E-state index in [0.717, 1.165) is 17.3 Å². The van der Waals surface area contributed by atoms with Crippen molar-refractivity contribution in [2.75, 3.05) is 0 Å². The van der Waals surface area contributed by atoms with Gasteiger partial charge in [0, 0.05) is 10.5 Å². The van der Waals surface area contributed by atoms with Crippen LogP contribution in [0.4, 0.5) is 0 Å². The van der Waals surface area contributed by atoms with E-state index in [-0.39, 0.29) is 6.04 Å². The van der Waals surface area contributed by atoms with Gasteiger partial charge in [0.1, 0.15) is 0 Å². The number of nitrogens with two attached hydrogens (primary N) is 1. The molecule has 1 aromatic carbocycles. The molecule has 2 rings (SSSR count). The summed E-state index contributed by atoms with van der Waals surface area (Å²) in [6.07, 6.45) is 2.06. The Kier molecular flexibility index (Phi) is 4.95. The Balaban J connectivity index is 2.08. The van der Waals surface area contributed by atoms with Crippen molar-refractivity contribution in [3.05, 3.63) is 56.2 Å². The number of aryl methyl sites for hydroxylation is 2. The van der Waals surface area contributed by atoms with Crippen LogP contribution in [-0.2, 0) is 6.42 Å². The molecule has 2 nitrogen and oxygen atoms in total. The topological polar surface area (TPSA) is 38.0 Å².